The summed E-state index contributed by atoms with van der Waals surface area (Å²) < 4.78 is 18.6. The van der Waals surface area contributed by atoms with E-state index < -0.39 is 5.41 Å². The van der Waals surface area contributed by atoms with Gasteiger partial charge in [-0.3, -0.25) is 4.79 Å². The smallest absolute Gasteiger partial charge is 0.228 e. The van der Waals surface area contributed by atoms with Crippen LogP contribution in [0.2, 0.25) is 0 Å². The summed E-state index contributed by atoms with van der Waals surface area (Å²) in [6.07, 6.45) is 8.39. The van der Waals surface area contributed by atoms with Gasteiger partial charge < -0.3 is 24.3 Å². The molecule has 2 saturated carbocycles. The van der Waals surface area contributed by atoms with Crippen molar-refractivity contribution in [1.82, 2.24) is 5.32 Å². The molecule has 3 aliphatic carbocycles. The second-order valence-corrected chi connectivity index (χ2v) is 10.3. The molecule has 3 fully saturated rings. The number of fused-ring (bicyclic) bond motifs is 2. The number of nitrogens with one attached hydrogen (secondary N) is 1. The molecule has 1 aromatic rings. The first-order valence-electron chi connectivity index (χ1n) is 12.3. The Morgan fingerprint density at radius 1 is 1.35 bits per heavy atom. The van der Waals surface area contributed by atoms with Crippen LogP contribution in [0.4, 0.5) is 0 Å². The molecule has 6 nitrogen and oxygen atoms in total. The van der Waals surface area contributed by atoms with Crippen LogP contribution in [0.15, 0.2) is 16.7 Å². The third-order valence-corrected chi connectivity index (χ3v) is 9.14. The Hall–Kier alpha value is -1.37. The molecular formula is C25H37NO5. The largest absolute Gasteiger partial charge is 0.469 e. The predicted octanol–water partition coefficient (Wildman–Crippen LogP) is 3.63. The van der Waals surface area contributed by atoms with E-state index >= 15 is 0 Å². The molecule has 1 aromatic heterocycles. The summed E-state index contributed by atoms with van der Waals surface area (Å²) in [5.41, 5.74) is 0.671. The minimum absolute atomic E-state index is 0.0183. The van der Waals surface area contributed by atoms with Gasteiger partial charge in [-0.1, -0.05) is 20.3 Å². The minimum atomic E-state index is -0.468. The molecule has 0 radical (unpaired) electrons. The highest BCUT2D eigenvalue weighted by Gasteiger charge is 2.69. The summed E-state index contributed by atoms with van der Waals surface area (Å²) in [6.45, 7) is 5.81. The van der Waals surface area contributed by atoms with E-state index in [2.05, 4.69) is 25.2 Å². The van der Waals surface area contributed by atoms with Crippen LogP contribution >= 0.6 is 0 Å². The van der Waals surface area contributed by atoms with Gasteiger partial charge in [-0.05, 0) is 67.4 Å². The summed E-state index contributed by atoms with van der Waals surface area (Å²) in [7, 11) is 0. The Morgan fingerprint density at radius 2 is 2.23 bits per heavy atom. The Balaban J connectivity index is 1.57. The van der Waals surface area contributed by atoms with Gasteiger partial charge in [-0.2, -0.15) is 0 Å². The molecule has 0 aromatic carbocycles. The summed E-state index contributed by atoms with van der Waals surface area (Å²) in [4.78, 5) is 13.6. The number of carbonyl (C=O) groups excluding carboxylic acids is 1. The van der Waals surface area contributed by atoms with Gasteiger partial charge in [0.05, 0.1) is 31.5 Å². The monoisotopic (exact) mass is 431 g/mol. The minimum Gasteiger partial charge on any atom is -0.469 e. The molecule has 7 atom stereocenters. The van der Waals surface area contributed by atoms with Gasteiger partial charge in [0.15, 0.2) is 6.29 Å². The first-order chi connectivity index (χ1) is 15.1. The zero-order valence-corrected chi connectivity index (χ0v) is 18.9. The first kappa shape index (κ1) is 21.5. The fraction of sp³-hybridized carbons (Fsp3) is 0.800. The number of amides is 1. The molecule has 1 unspecified atom stereocenters. The molecule has 2 heterocycles. The number of hydrogen-bond acceptors (Lipinski definition) is 5. The first-order valence-corrected chi connectivity index (χ1v) is 12.3. The Labute approximate surface area is 185 Å². The van der Waals surface area contributed by atoms with Crippen LogP contribution in [0.5, 0.6) is 0 Å². The SMILES string of the molecule is CCCNC(=O)[C@@]12CCCC3([C@H](OCCO)OC1)[C@H]2CC[C@H]1[C@@H](C)c2ccoc2C[C@@H]13. The van der Waals surface area contributed by atoms with Crippen molar-refractivity contribution in [2.75, 3.05) is 26.4 Å². The molecule has 4 aliphatic rings. The highest BCUT2D eigenvalue weighted by Crippen LogP contribution is 2.69. The number of furan rings is 1. The lowest BCUT2D eigenvalue weighted by atomic mass is 9.41. The second kappa shape index (κ2) is 8.20. The average molecular weight is 432 g/mol. The molecule has 2 bridgehead atoms. The van der Waals surface area contributed by atoms with Gasteiger partial charge in [0.1, 0.15) is 5.76 Å². The topological polar surface area (TPSA) is 80.9 Å². The van der Waals surface area contributed by atoms with Crippen molar-refractivity contribution in [3.05, 3.63) is 23.7 Å². The van der Waals surface area contributed by atoms with E-state index in [-0.39, 0.29) is 36.7 Å². The normalized spacial score (nSPS) is 41.1. The van der Waals surface area contributed by atoms with Crippen LogP contribution in [0, 0.1) is 28.6 Å². The molecule has 1 saturated heterocycles. The highest BCUT2D eigenvalue weighted by atomic mass is 16.7. The lowest BCUT2D eigenvalue weighted by molar-refractivity contribution is -0.330. The summed E-state index contributed by atoms with van der Waals surface area (Å²) in [5, 5.41) is 12.7. The fourth-order valence-corrected chi connectivity index (χ4v) is 7.94. The number of carbonyl (C=O) groups is 1. The molecule has 172 valence electrons. The van der Waals surface area contributed by atoms with E-state index in [1.54, 1.807) is 0 Å². The van der Waals surface area contributed by atoms with Crippen LogP contribution < -0.4 is 5.32 Å². The van der Waals surface area contributed by atoms with Gasteiger partial charge in [0.25, 0.3) is 0 Å². The van der Waals surface area contributed by atoms with Crippen LogP contribution in [0.3, 0.4) is 0 Å². The van der Waals surface area contributed by atoms with Crippen LogP contribution in [-0.2, 0) is 20.7 Å². The lowest BCUT2D eigenvalue weighted by Gasteiger charge is -2.67. The summed E-state index contributed by atoms with van der Waals surface area (Å²) in [6, 6.07) is 2.14. The fourth-order valence-electron chi connectivity index (χ4n) is 7.94. The number of hydrogen-bond donors (Lipinski definition) is 2. The highest BCUT2D eigenvalue weighted by molar-refractivity contribution is 5.83. The standard InChI is InChI=1S/C25H37NO5/c1-3-10-26-22(28)24-8-4-9-25(23(31-15-24)30-13-11-27)19-14-20-18(7-12-29-20)16(2)17(19)5-6-21(24)25/h7,12,16-17,19,21,23,27H,3-6,8-11,13-15H2,1-2H3,(H,26,28)/t16-,17+,19+,21+,23-,24+,25?/m1/s1. The third kappa shape index (κ3) is 3.05. The van der Waals surface area contributed by atoms with E-state index in [9.17, 15) is 9.90 Å². The van der Waals surface area contributed by atoms with Crippen molar-refractivity contribution in [3.8, 4) is 0 Å². The number of rotatable bonds is 6. The Kier molecular flexibility index (Phi) is 5.68. The van der Waals surface area contributed by atoms with E-state index in [4.69, 9.17) is 13.9 Å². The second-order valence-electron chi connectivity index (χ2n) is 10.3. The van der Waals surface area contributed by atoms with Crippen LogP contribution in [-0.4, -0.2) is 43.7 Å². The molecule has 1 aliphatic heterocycles. The summed E-state index contributed by atoms with van der Waals surface area (Å²) in [5.74, 6) is 2.86. The molecular weight excluding hydrogens is 394 g/mol. The number of ether oxygens (including phenoxy) is 2. The zero-order valence-electron chi connectivity index (χ0n) is 18.9. The van der Waals surface area contributed by atoms with Crippen molar-refractivity contribution in [2.24, 2.45) is 28.6 Å². The van der Waals surface area contributed by atoms with Crippen LogP contribution in [0.1, 0.15) is 69.6 Å². The van der Waals surface area contributed by atoms with Gasteiger partial charge in [-0.15, -0.1) is 0 Å². The van der Waals surface area contributed by atoms with Crippen molar-refractivity contribution >= 4 is 5.91 Å². The quantitative estimate of drug-likeness (QED) is 0.719. The number of aliphatic hydroxyl groups excluding tert-OH is 1. The predicted molar refractivity (Wildman–Crippen MR) is 115 cm³/mol. The van der Waals surface area contributed by atoms with Gasteiger partial charge >= 0.3 is 0 Å². The average Bonchev–Trinajstić information content (AvgIpc) is 3.25. The molecule has 31 heavy (non-hydrogen) atoms. The van der Waals surface area contributed by atoms with Crippen molar-refractivity contribution in [3.63, 3.8) is 0 Å². The molecule has 6 heteroatoms. The Morgan fingerprint density at radius 3 is 3.03 bits per heavy atom. The third-order valence-electron chi connectivity index (χ3n) is 9.14. The van der Waals surface area contributed by atoms with Crippen LogP contribution in [0.25, 0.3) is 0 Å². The number of aliphatic hydroxyl groups is 1. The zero-order chi connectivity index (χ0) is 21.6. The van der Waals surface area contributed by atoms with Crippen molar-refractivity contribution < 1.29 is 23.8 Å². The maximum Gasteiger partial charge on any atom is 0.228 e. The van der Waals surface area contributed by atoms with Gasteiger partial charge in [0.2, 0.25) is 5.91 Å². The van der Waals surface area contributed by atoms with Gasteiger partial charge in [0, 0.05) is 18.4 Å². The molecule has 0 spiro atoms. The lowest BCUT2D eigenvalue weighted by Crippen LogP contribution is -2.69. The Bertz CT molecular complexity index is 808. The summed E-state index contributed by atoms with van der Waals surface area (Å²) >= 11 is 0. The van der Waals surface area contributed by atoms with Crippen molar-refractivity contribution in [1.29, 1.82) is 0 Å². The maximum atomic E-state index is 13.6. The van der Waals surface area contributed by atoms with Crippen molar-refractivity contribution in [2.45, 2.75) is 71.0 Å². The molecule has 2 N–H and O–H groups in total. The molecule has 5 rings (SSSR count). The maximum absolute atomic E-state index is 13.6. The van der Waals surface area contributed by atoms with E-state index in [1.165, 1.54) is 5.56 Å². The molecule has 1 amide bonds. The van der Waals surface area contributed by atoms with E-state index in [1.807, 2.05) is 6.26 Å². The van der Waals surface area contributed by atoms with E-state index in [0.717, 1.165) is 50.7 Å². The van der Waals surface area contributed by atoms with Gasteiger partial charge in [-0.25, -0.2) is 0 Å². The van der Waals surface area contributed by atoms with E-state index in [0.29, 0.717) is 30.9 Å².